The number of hydrogen-bond donors (Lipinski definition) is 2. The number of hydrogen-bond acceptors (Lipinski definition) is 6. The van der Waals surface area contributed by atoms with Gasteiger partial charge in [-0.15, -0.1) is 11.3 Å². The molecule has 0 radical (unpaired) electrons. The molecule has 0 aliphatic carbocycles. The average Bonchev–Trinajstić information content (AvgIpc) is 2.98. The van der Waals surface area contributed by atoms with Gasteiger partial charge in [-0.25, -0.2) is 14.8 Å². The van der Waals surface area contributed by atoms with Crippen molar-refractivity contribution in [1.29, 1.82) is 0 Å². The summed E-state index contributed by atoms with van der Waals surface area (Å²) in [5.74, 6) is 0.692. The van der Waals surface area contributed by atoms with Gasteiger partial charge >= 0.3 is 5.97 Å². The molecule has 0 spiro atoms. The third-order valence-corrected chi connectivity index (χ3v) is 4.04. The Morgan fingerprint density at radius 2 is 2.19 bits per heavy atom. The van der Waals surface area contributed by atoms with Crippen LogP contribution in [-0.2, 0) is 6.54 Å². The molecule has 0 unspecified atom stereocenters. The lowest BCUT2D eigenvalue weighted by molar-refractivity contribution is 0.0695. The number of anilines is 1. The Morgan fingerprint density at radius 1 is 1.38 bits per heavy atom. The molecule has 0 saturated carbocycles. The molecule has 3 aromatic rings. The van der Waals surface area contributed by atoms with Crippen molar-refractivity contribution in [2.75, 3.05) is 5.32 Å². The third-order valence-electron chi connectivity index (χ3n) is 3.08. The monoisotopic (exact) mass is 303 g/mol. The normalized spacial score (nSPS) is 11.0. The number of nitrogens with zero attached hydrogens (tertiary/aromatic N) is 2. The van der Waals surface area contributed by atoms with Crippen LogP contribution >= 0.6 is 11.3 Å². The summed E-state index contributed by atoms with van der Waals surface area (Å²) in [5.41, 5.74) is 0.186. The number of nitrogens with one attached hydrogen (secondary N) is 1. The highest BCUT2D eigenvalue weighted by Crippen LogP contribution is 2.27. The molecule has 2 N–H and O–H groups in total. The van der Waals surface area contributed by atoms with Crippen molar-refractivity contribution >= 4 is 33.3 Å². The van der Waals surface area contributed by atoms with Gasteiger partial charge in [0.2, 0.25) is 0 Å². The Morgan fingerprint density at radius 3 is 2.90 bits per heavy atom. The van der Waals surface area contributed by atoms with Gasteiger partial charge in [0.15, 0.2) is 0 Å². The van der Waals surface area contributed by atoms with Gasteiger partial charge in [0, 0.05) is 4.88 Å². The summed E-state index contributed by atoms with van der Waals surface area (Å²) >= 11 is 1.61. The number of fused-ring (bicyclic) bond motifs is 1. The van der Waals surface area contributed by atoms with E-state index in [0.717, 1.165) is 20.9 Å². The standard InChI is InChI=1S/C14H13N3O3S/c1-7-3-11-12(16-6-17-13(11)21-7)15-5-9-4-10(14(18)19)8(2)20-9/h3-4,6H,5H2,1-2H3,(H,18,19)(H,15,16,17). The van der Waals surface area contributed by atoms with Crippen molar-refractivity contribution in [3.8, 4) is 0 Å². The molecule has 0 aliphatic rings. The van der Waals surface area contributed by atoms with Crippen molar-refractivity contribution in [3.05, 3.63) is 40.4 Å². The number of carbonyl (C=O) groups is 1. The Balaban J connectivity index is 1.83. The summed E-state index contributed by atoms with van der Waals surface area (Å²) in [6.07, 6.45) is 1.51. The van der Waals surface area contributed by atoms with Crippen molar-refractivity contribution in [1.82, 2.24) is 9.97 Å². The first-order chi connectivity index (χ1) is 10.0. The lowest BCUT2D eigenvalue weighted by Gasteiger charge is -2.03. The minimum atomic E-state index is -0.986. The third kappa shape index (κ3) is 2.59. The maximum absolute atomic E-state index is 11.0. The van der Waals surface area contributed by atoms with Crippen LogP contribution in [0.4, 0.5) is 5.82 Å². The number of carboxylic acid groups (broad SMARTS) is 1. The molecule has 6 nitrogen and oxygen atoms in total. The fourth-order valence-corrected chi connectivity index (χ4v) is 2.98. The van der Waals surface area contributed by atoms with Crippen LogP contribution in [0.25, 0.3) is 10.2 Å². The largest absolute Gasteiger partial charge is 0.478 e. The second kappa shape index (κ2) is 5.17. The first-order valence-corrected chi connectivity index (χ1v) is 7.14. The maximum Gasteiger partial charge on any atom is 0.339 e. The number of carboxylic acids is 1. The summed E-state index contributed by atoms with van der Waals surface area (Å²) < 4.78 is 5.43. The number of aromatic nitrogens is 2. The zero-order chi connectivity index (χ0) is 15.0. The summed E-state index contributed by atoms with van der Waals surface area (Å²) in [6, 6.07) is 3.56. The minimum Gasteiger partial charge on any atom is -0.478 e. The lowest BCUT2D eigenvalue weighted by atomic mass is 10.2. The zero-order valence-corrected chi connectivity index (χ0v) is 12.3. The van der Waals surface area contributed by atoms with Gasteiger partial charge in [0.05, 0.1) is 11.9 Å². The number of thiophene rings is 1. The van der Waals surface area contributed by atoms with E-state index in [0.29, 0.717) is 18.1 Å². The van der Waals surface area contributed by atoms with E-state index in [2.05, 4.69) is 15.3 Å². The summed E-state index contributed by atoms with van der Waals surface area (Å²) in [5, 5.41) is 13.1. The second-order valence-electron chi connectivity index (χ2n) is 4.64. The van der Waals surface area contributed by atoms with Crippen molar-refractivity contribution in [3.63, 3.8) is 0 Å². The predicted octanol–water partition coefficient (Wildman–Crippen LogP) is 3.21. The second-order valence-corrected chi connectivity index (χ2v) is 5.87. The van der Waals surface area contributed by atoms with Crippen molar-refractivity contribution in [2.45, 2.75) is 20.4 Å². The Bertz CT molecular complexity index is 822. The predicted molar refractivity (Wildman–Crippen MR) is 79.9 cm³/mol. The molecule has 3 heterocycles. The molecular formula is C14H13N3O3S. The highest BCUT2D eigenvalue weighted by molar-refractivity contribution is 7.18. The molecule has 0 saturated heterocycles. The molecule has 0 fully saturated rings. The van der Waals surface area contributed by atoms with E-state index >= 15 is 0 Å². The SMILES string of the molecule is Cc1cc2c(NCc3cc(C(=O)O)c(C)o3)ncnc2s1. The molecule has 0 amide bonds. The van der Waals surface area contributed by atoms with E-state index < -0.39 is 5.97 Å². The number of furan rings is 1. The van der Waals surface area contributed by atoms with Gasteiger partial charge in [0.25, 0.3) is 0 Å². The molecule has 0 aliphatic heterocycles. The number of aryl methyl sites for hydroxylation is 2. The van der Waals surface area contributed by atoms with Gasteiger partial charge in [-0.05, 0) is 26.0 Å². The summed E-state index contributed by atoms with van der Waals surface area (Å²) in [7, 11) is 0. The van der Waals surface area contributed by atoms with Gasteiger partial charge in [-0.2, -0.15) is 0 Å². The van der Waals surface area contributed by atoms with Gasteiger partial charge < -0.3 is 14.8 Å². The number of rotatable bonds is 4. The minimum absolute atomic E-state index is 0.186. The molecule has 0 aromatic carbocycles. The van der Waals surface area contributed by atoms with Crippen molar-refractivity contribution in [2.24, 2.45) is 0 Å². The van der Waals surface area contributed by atoms with Crippen LogP contribution in [-0.4, -0.2) is 21.0 Å². The highest BCUT2D eigenvalue weighted by atomic mass is 32.1. The Hall–Kier alpha value is -2.41. The molecule has 108 valence electrons. The van der Waals surface area contributed by atoms with Crippen molar-refractivity contribution < 1.29 is 14.3 Å². The molecule has 3 rings (SSSR count). The fourth-order valence-electron chi connectivity index (χ4n) is 2.13. The highest BCUT2D eigenvalue weighted by Gasteiger charge is 2.14. The molecule has 0 bridgehead atoms. The van der Waals surface area contributed by atoms with E-state index in [9.17, 15) is 4.79 Å². The Labute approximate surface area is 124 Å². The topological polar surface area (TPSA) is 88.2 Å². The summed E-state index contributed by atoms with van der Waals surface area (Å²) in [6.45, 7) is 4.03. The van der Waals surface area contributed by atoms with Crippen LogP contribution in [0.15, 0.2) is 22.9 Å². The molecule has 0 atom stereocenters. The lowest BCUT2D eigenvalue weighted by Crippen LogP contribution is -2.01. The van der Waals surface area contributed by atoms with E-state index in [1.54, 1.807) is 18.3 Å². The molecule has 3 aromatic heterocycles. The van der Waals surface area contributed by atoms with Crippen LogP contribution in [0.2, 0.25) is 0 Å². The van der Waals surface area contributed by atoms with Gasteiger partial charge in [0.1, 0.15) is 34.1 Å². The van der Waals surface area contributed by atoms with Crippen LogP contribution in [0.5, 0.6) is 0 Å². The zero-order valence-electron chi connectivity index (χ0n) is 11.5. The van der Waals surface area contributed by atoms with Gasteiger partial charge in [-0.1, -0.05) is 0 Å². The van der Waals surface area contributed by atoms with Crippen LogP contribution in [0.1, 0.15) is 26.8 Å². The van der Waals surface area contributed by atoms with E-state index in [1.165, 1.54) is 12.4 Å². The quantitative estimate of drug-likeness (QED) is 0.769. The van der Waals surface area contributed by atoms with Crippen LogP contribution in [0, 0.1) is 13.8 Å². The van der Waals surface area contributed by atoms with Crippen LogP contribution in [0.3, 0.4) is 0 Å². The Kier molecular flexibility index (Phi) is 3.34. The average molecular weight is 303 g/mol. The van der Waals surface area contributed by atoms with E-state index in [-0.39, 0.29) is 5.56 Å². The fraction of sp³-hybridized carbons (Fsp3) is 0.214. The molecule has 21 heavy (non-hydrogen) atoms. The van der Waals surface area contributed by atoms with Gasteiger partial charge in [-0.3, -0.25) is 0 Å². The molecular weight excluding hydrogens is 290 g/mol. The van der Waals surface area contributed by atoms with Crippen LogP contribution < -0.4 is 5.32 Å². The maximum atomic E-state index is 11.0. The summed E-state index contributed by atoms with van der Waals surface area (Å²) in [4.78, 5) is 21.5. The van der Waals surface area contributed by atoms with E-state index in [4.69, 9.17) is 9.52 Å². The smallest absolute Gasteiger partial charge is 0.339 e. The van der Waals surface area contributed by atoms with E-state index in [1.807, 2.05) is 13.0 Å². The first-order valence-electron chi connectivity index (χ1n) is 6.32. The number of aromatic carboxylic acids is 1. The first kappa shape index (κ1) is 13.6. The molecule has 7 heteroatoms.